The fourth-order valence-electron chi connectivity index (χ4n) is 1.62. The monoisotopic (exact) mass is 225 g/mol. The molecule has 3 N–H and O–H groups in total. The van der Waals surface area contributed by atoms with Crippen LogP contribution in [0.4, 0.5) is 5.69 Å². The van der Waals surface area contributed by atoms with Gasteiger partial charge in [-0.15, -0.1) is 0 Å². The first-order valence-corrected chi connectivity index (χ1v) is 4.83. The Morgan fingerprint density at radius 1 is 1.44 bits per heavy atom. The van der Waals surface area contributed by atoms with Crippen LogP contribution < -0.4 is 15.2 Å². The van der Waals surface area contributed by atoms with E-state index in [0.29, 0.717) is 17.9 Å². The normalized spacial score (nSPS) is 9.94. The summed E-state index contributed by atoms with van der Waals surface area (Å²) >= 11 is 0. The standard InChI is InChI=1S/C11H15NO4/c1-4-6-8(15-2)5-7(11(13)14)10(16-3)9(6)12/h5H,4,12H2,1-3H3,(H,13,14). The Morgan fingerprint density at radius 2 is 2.06 bits per heavy atom. The minimum Gasteiger partial charge on any atom is -0.496 e. The minimum atomic E-state index is -1.09. The number of anilines is 1. The Hall–Kier alpha value is -1.91. The van der Waals surface area contributed by atoms with E-state index in [1.807, 2.05) is 6.92 Å². The maximum atomic E-state index is 11.0. The lowest BCUT2D eigenvalue weighted by molar-refractivity contribution is 0.0693. The Morgan fingerprint density at radius 3 is 2.44 bits per heavy atom. The number of nitrogens with two attached hydrogens (primary N) is 1. The Bertz CT molecular complexity index is 415. The summed E-state index contributed by atoms with van der Waals surface area (Å²) in [5, 5.41) is 9.01. The van der Waals surface area contributed by atoms with Gasteiger partial charge >= 0.3 is 5.97 Å². The number of ether oxygens (including phenoxy) is 2. The number of carboxylic acids is 1. The molecule has 0 aliphatic carbocycles. The molecule has 0 aliphatic heterocycles. The van der Waals surface area contributed by atoms with E-state index >= 15 is 0 Å². The summed E-state index contributed by atoms with van der Waals surface area (Å²) in [6.07, 6.45) is 0.644. The van der Waals surface area contributed by atoms with Crippen LogP contribution in [0, 0.1) is 0 Å². The molecule has 0 fully saturated rings. The molecule has 16 heavy (non-hydrogen) atoms. The highest BCUT2D eigenvalue weighted by atomic mass is 16.5. The number of hydrogen-bond acceptors (Lipinski definition) is 4. The van der Waals surface area contributed by atoms with Crippen molar-refractivity contribution in [1.82, 2.24) is 0 Å². The molecular formula is C11H15NO4. The minimum absolute atomic E-state index is 0.00838. The summed E-state index contributed by atoms with van der Waals surface area (Å²) in [6.45, 7) is 1.91. The number of carbonyl (C=O) groups is 1. The lowest BCUT2D eigenvalue weighted by atomic mass is 10.0. The fraction of sp³-hybridized carbons (Fsp3) is 0.364. The van der Waals surface area contributed by atoms with Crippen LogP contribution in [0.5, 0.6) is 11.5 Å². The van der Waals surface area contributed by atoms with Gasteiger partial charge in [-0.3, -0.25) is 0 Å². The van der Waals surface area contributed by atoms with Crippen LogP contribution in [-0.2, 0) is 6.42 Å². The van der Waals surface area contributed by atoms with Crippen molar-refractivity contribution in [3.8, 4) is 11.5 Å². The average Bonchev–Trinajstić information content (AvgIpc) is 2.27. The second kappa shape index (κ2) is 4.74. The molecule has 0 radical (unpaired) electrons. The molecule has 0 amide bonds. The van der Waals surface area contributed by atoms with Crippen molar-refractivity contribution in [2.24, 2.45) is 0 Å². The molecule has 0 aliphatic rings. The van der Waals surface area contributed by atoms with Gasteiger partial charge in [0.1, 0.15) is 11.3 Å². The summed E-state index contributed by atoms with van der Waals surface area (Å²) in [6, 6.07) is 1.43. The van der Waals surface area contributed by atoms with Crippen LogP contribution in [0.1, 0.15) is 22.8 Å². The molecule has 0 unspecified atom stereocenters. The van der Waals surface area contributed by atoms with E-state index in [9.17, 15) is 4.79 Å². The van der Waals surface area contributed by atoms with Gasteiger partial charge in [-0.1, -0.05) is 6.92 Å². The van der Waals surface area contributed by atoms with Gasteiger partial charge in [-0.2, -0.15) is 0 Å². The third kappa shape index (κ3) is 1.88. The molecule has 88 valence electrons. The largest absolute Gasteiger partial charge is 0.496 e. The quantitative estimate of drug-likeness (QED) is 0.760. The lowest BCUT2D eigenvalue weighted by Gasteiger charge is -2.15. The van der Waals surface area contributed by atoms with Crippen LogP contribution in [-0.4, -0.2) is 25.3 Å². The number of nitrogen functional groups attached to an aromatic ring is 1. The van der Waals surface area contributed by atoms with Crippen molar-refractivity contribution in [3.05, 3.63) is 17.2 Å². The summed E-state index contributed by atoms with van der Waals surface area (Å²) in [7, 11) is 2.87. The Labute approximate surface area is 93.8 Å². The maximum Gasteiger partial charge on any atom is 0.339 e. The van der Waals surface area contributed by atoms with E-state index in [1.54, 1.807) is 0 Å². The fourth-order valence-corrected chi connectivity index (χ4v) is 1.62. The molecule has 1 aromatic carbocycles. The molecule has 0 bridgehead atoms. The summed E-state index contributed by atoms with van der Waals surface area (Å²) in [4.78, 5) is 11.0. The van der Waals surface area contributed by atoms with E-state index in [2.05, 4.69) is 0 Å². The van der Waals surface area contributed by atoms with Crippen molar-refractivity contribution in [3.63, 3.8) is 0 Å². The van der Waals surface area contributed by atoms with E-state index in [1.165, 1.54) is 20.3 Å². The molecule has 0 spiro atoms. The molecule has 1 aromatic rings. The van der Waals surface area contributed by atoms with Crippen molar-refractivity contribution in [1.29, 1.82) is 0 Å². The van der Waals surface area contributed by atoms with Gasteiger partial charge in [0, 0.05) is 5.56 Å². The highest BCUT2D eigenvalue weighted by molar-refractivity contribution is 5.94. The van der Waals surface area contributed by atoms with Gasteiger partial charge in [-0.25, -0.2) is 4.79 Å². The first kappa shape index (κ1) is 12.2. The average molecular weight is 225 g/mol. The van der Waals surface area contributed by atoms with Crippen LogP contribution in [0.25, 0.3) is 0 Å². The molecule has 5 heteroatoms. The summed E-state index contributed by atoms with van der Waals surface area (Å²) in [5.41, 5.74) is 6.93. The van der Waals surface area contributed by atoms with E-state index < -0.39 is 5.97 Å². The topological polar surface area (TPSA) is 81.8 Å². The zero-order chi connectivity index (χ0) is 12.3. The number of benzene rings is 1. The zero-order valence-corrected chi connectivity index (χ0v) is 9.53. The maximum absolute atomic E-state index is 11.0. The van der Waals surface area contributed by atoms with Crippen LogP contribution in [0.15, 0.2) is 6.07 Å². The van der Waals surface area contributed by atoms with Crippen molar-refractivity contribution >= 4 is 11.7 Å². The van der Waals surface area contributed by atoms with Crippen LogP contribution >= 0.6 is 0 Å². The van der Waals surface area contributed by atoms with Crippen molar-refractivity contribution in [2.45, 2.75) is 13.3 Å². The lowest BCUT2D eigenvalue weighted by Crippen LogP contribution is -2.07. The number of aromatic carboxylic acids is 1. The second-order valence-corrected chi connectivity index (χ2v) is 3.21. The molecule has 5 nitrogen and oxygen atoms in total. The van der Waals surface area contributed by atoms with Gasteiger partial charge in [0.15, 0.2) is 5.75 Å². The SMILES string of the molecule is CCc1c(OC)cc(C(=O)O)c(OC)c1N. The number of carboxylic acid groups (broad SMARTS) is 1. The van der Waals surface area contributed by atoms with Crippen molar-refractivity contribution in [2.75, 3.05) is 20.0 Å². The third-order valence-corrected chi connectivity index (χ3v) is 2.40. The van der Waals surface area contributed by atoms with E-state index in [0.717, 1.165) is 5.56 Å². The van der Waals surface area contributed by atoms with Crippen LogP contribution in [0.2, 0.25) is 0 Å². The Kier molecular flexibility index (Phi) is 3.60. The predicted molar refractivity (Wildman–Crippen MR) is 60.3 cm³/mol. The van der Waals surface area contributed by atoms with Gasteiger partial charge in [0.2, 0.25) is 0 Å². The molecule has 1 rings (SSSR count). The van der Waals surface area contributed by atoms with Gasteiger partial charge < -0.3 is 20.3 Å². The molecule has 0 saturated heterocycles. The molecule has 0 heterocycles. The highest BCUT2D eigenvalue weighted by Gasteiger charge is 2.20. The molecule has 0 atom stereocenters. The number of hydrogen-bond donors (Lipinski definition) is 2. The van der Waals surface area contributed by atoms with Gasteiger partial charge in [0.25, 0.3) is 0 Å². The first-order chi connectivity index (χ1) is 7.56. The smallest absolute Gasteiger partial charge is 0.339 e. The summed E-state index contributed by atoms with van der Waals surface area (Å²) in [5.74, 6) is -0.437. The van der Waals surface area contributed by atoms with E-state index in [-0.39, 0.29) is 11.3 Å². The van der Waals surface area contributed by atoms with Crippen molar-refractivity contribution < 1.29 is 19.4 Å². The second-order valence-electron chi connectivity index (χ2n) is 3.21. The van der Waals surface area contributed by atoms with E-state index in [4.69, 9.17) is 20.3 Å². The molecule has 0 aromatic heterocycles. The highest BCUT2D eigenvalue weighted by Crippen LogP contribution is 2.36. The Balaban J connectivity index is 3.54. The van der Waals surface area contributed by atoms with Crippen LogP contribution in [0.3, 0.4) is 0 Å². The predicted octanol–water partition coefficient (Wildman–Crippen LogP) is 1.55. The first-order valence-electron chi connectivity index (χ1n) is 4.83. The molecular weight excluding hydrogens is 210 g/mol. The molecule has 0 saturated carbocycles. The summed E-state index contributed by atoms with van der Waals surface area (Å²) < 4.78 is 10.1. The van der Waals surface area contributed by atoms with Gasteiger partial charge in [-0.05, 0) is 12.5 Å². The number of methoxy groups -OCH3 is 2. The number of rotatable bonds is 4. The zero-order valence-electron chi connectivity index (χ0n) is 9.53. The third-order valence-electron chi connectivity index (χ3n) is 2.40. The van der Waals surface area contributed by atoms with Gasteiger partial charge in [0.05, 0.1) is 19.9 Å².